The Morgan fingerprint density at radius 2 is 2.25 bits per heavy atom. The first-order chi connectivity index (χ1) is 11.4. The van der Waals surface area contributed by atoms with Crippen molar-refractivity contribution >= 4 is 29.3 Å². The molecular weight excluding hydrogens is 338 g/mol. The molecule has 2 rings (SSSR count). The number of carbonyl (C=O) groups excluding carboxylic acids is 1. The lowest BCUT2D eigenvalue weighted by molar-refractivity contribution is -0.384. The molecule has 9 heteroatoms. The average Bonchev–Trinajstić information content (AvgIpc) is 3.01. The molecule has 0 bridgehead atoms. The van der Waals surface area contributed by atoms with Crippen molar-refractivity contribution in [2.45, 2.75) is 26.4 Å². The summed E-state index contributed by atoms with van der Waals surface area (Å²) in [5.74, 6) is 0.198. The molecule has 8 nitrogen and oxygen atoms in total. The fourth-order valence-corrected chi connectivity index (χ4v) is 1.87. The van der Waals surface area contributed by atoms with E-state index >= 15 is 0 Å². The van der Waals surface area contributed by atoms with Crippen LogP contribution in [0.4, 0.5) is 5.69 Å². The van der Waals surface area contributed by atoms with E-state index in [9.17, 15) is 14.9 Å². The molecule has 0 unspecified atom stereocenters. The predicted molar refractivity (Wildman–Crippen MR) is 85.3 cm³/mol. The fourth-order valence-electron chi connectivity index (χ4n) is 1.68. The molecule has 0 N–H and O–H groups in total. The molecule has 1 heterocycles. The quantitative estimate of drug-likeness (QED) is 0.339. The average molecular weight is 352 g/mol. The maximum absolute atomic E-state index is 11.7. The second kappa shape index (κ2) is 7.69. The summed E-state index contributed by atoms with van der Waals surface area (Å²) in [7, 11) is 0. The summed E-state index contributed by atoms with van der Waals surface area (Å²) in [5.41, 5.74) is 0.210. The molecule has 0 radical (unpaired) electrons. The molecule has 2 aromatic rings. The Morgan fingerprint density at radius 3 is 2.88 bits per heavy atom. The Bertz CT molecular complexity index is 785. The highest BCUT2D eigenvalue weighted by Crippen LogP contribution is 2.25. The number of carbonyl (C=O) groups is 1. The standard InChI is InChI=1S/C15H14ClN3O5/c1-9(2)15-17-13(24-18-15)8-23-14(20)6-4-10-3-5-11(16)12(7-10)19(21)22/h3-7,9H,8H2,1-2H3/b6-4+. The topological polar surface area (TPSA) is 108 Å². The molecule has 0 fully saturated rings. The molecule has 1 aromatic heterocycles. The summed E-state index contributed by atoms with van der Waals surface area (Å²) in [6.07, 6.45) is 2.53. The lowest BCUT2D eigenvalue weighted by atomic mass is 10.2. The van der Waals surface area contributed by atoms with Gasteiger partial charge in [-0.25, -0.2) is 4.79 Å². The van der Waals surface area contributed by atoms with E-state index in [-0.39, 0.29) is 29.1 Å². The van der Waals surface area contributed by atoms with Crippen LogP contribution in [0.3, 0.4) is 0 Å². The van der Waals surface area contributed by atoms with Gasteiger partial charge in [0.25, 0.3) is 11.6 Å². The van der Waals surface area contributed by atoms with Gasteiger partial charge in [-0.2, -0.15) is 4.98 Å². The Morgan fingerprint density at radius 1 is 1.50 bits per heavy atom. The number of halogens is 1. The molecule has 0 aliphatic rings. The normalized spacial score (nSPS) is 11.2. The van der Waals surface area contributed by atoms with Gasteiger partial charge in [-0.1, -0.05) is 36.7 Å². The summed E-state index contributed by atoms with van der Waals surface area (Å²) < 4.78 is 9.90. The number of hydrogen-bond donors (Lipinski definition) is 0. The minimum atomic E-state index is -0.642. The van der Waals surface area contributed by atoms with Gasteiger partial charge in [0.1, 0.15) is 5.02 Å². The van der Waals surface area contributed by atoms with Crippen LogP contribution in [0.2, 0.25) is 5.02 Å². The van der Waals surface area contributed by atoms with E-state index in [1.54, 1.807) is 6.07 Å². The molecule has 0 amide bonds. The number of benzene rings is 1. The molecule has 1 aromatic carbocycles. The SMILES string of the molecule is CC(C)c1noc(COC(=O)/C=C/c2ccc(Cl)c([N+](=O)[O-])c2)n1. The highest BCUT2D eigenvalue weighted by atomic mass is 35.5. The summed E-state index contributed by atoms with van der Waals surface area (Å²) in [5, 5.41) is 14.6. The smallest absolute Gasteiger partial charge is 0.331 e. The van der Waals surface area contributed by atoms with E-state index in [0.29, 0.717) is 11.4 Å². The van der Waals surface area contributed by atoms with Gasteiger partial charge in [-0.15, -0.1) is 0 Å². The zero-order valence-electron chi connectivity index (χ0n) is 12.9. The van der Waals surface area contributed by atoms with Gasteiger partial charge in [0.05, 0.1) is 4.92 Å². The van der Waals surface area contributed by atoms with Crippen LogP contribution in [0.15, 0.2) is 28.8 Å². The zero-order valence-corrected chi connectivity index (χ0v) is 13.7. The van der Waals surface area contributed by atoms with E-state index in [1.807, 2.05) is 13.8 Å². The van der Waals surface area contributed by atoms with Crippen LogP contribution < -0.4 is 0 Å². The number of rotatable bonds is 6. The molecule has 0 aliphatic heterocycles. The summed E-state index contributed by atoms with van der Waals surface area (Å²) >= 11 is 5.71. The van der Waals surface area contributed by atoms with E-state index in [1.165, 1.54) is 18.2 Å². The second-order valence-corrected chi connectivity index (χ2v) is 5.52. The van der Waals surface area contributed by atoms with Crippen LogP contribution in [0.25, 0.3) is 6.08 Å². The molecule has 24 heavy (non-hydrogen) atoms. The van der Waals surface area contributed by atoms with Crippen molar-refractivity contribution in [3.8, 4) is 0 Å². The number of nitro benzene ring substituents is 1. The van der Waals surface area contributed by atoms with Gasteiger partial charge >= 0.3 is 5.97 Å². The second-order valence-electron chi connectivity index (χ2n) is 5.11. The maximum atomic E-state index is 11.7. The molecule has 0 atom stereocenters. The van der Waals surface area contributed by atoms with E-state index in [4.69, 9.17) is 20.9 Å². The van der Waals surface area contributed by atoms with Crippen LogP contribution in [0.5, 0.6) is 0 Å². The first-order valence-electron chi connectivity index (χ1n) is 6.98. The number of nitrogens with zero attached hydrogens (tertiary/aromatic N) is 3. The van der Waals surface area contributed by atoms with Crippen LogP contribution in [0.1, 0.15) is 37.0 Å². The number of esters is 1. The van der Waals surface area contributed by atoms with Gasteiger partial charge in [-0.05, 0) is 17.7 Å². The fraction of sp³-hybridized carbons (Fsp3) is 0.267. The van der Waals surface area contributed by atoms with Crippen LogP contribution in [-0.2, 0) is 16.1 Å². The Balaban J connectivity index is 1.95. The van der Waals surface area contributed by atoms with Crippen LogP contribution in [-0.4, -0.2) is 21.0 Å². The van der Waals surface area contributed by atoms with Crippen LogP contribution >= 0.6 is 11.6 Å². The summed E-state index contributed by atoms with van der Waals surface area (Å²) in [6, 6.07) is 4.20. The van der Waals surface area contributed by atoms with E-state index in [0.717, 1.165) is 6.08 Å². The Labute approximate surface area is 142 Å². The number of aromatic nitrogens is 2. The van der Waals surface area contributed by atoms with Gasteiger partial charge in [0.2, 0.25) is 0 Å². The lowest BCUT2D eigenvalue weighted by Gasteiger charge is -1.98. The maximum Gasteiger partial charge on any atom is 0.331 e. The monoisotopic (exact) mass is 351 g/mol. The number of ether oxygens (including phenoxy) is 1. The van der Waals surface area contributed by atoms with Gasteiger partial charge < -0.3 is 9.26 Å². The summed E-state index contributed by atoms with van der Waals surface area (Å²) in [4.78, 5) is 25.9. The Hall–Kier alpha value is -2.74. The van der Waals surface area contributed by atoms with Crippen molar-refractivity contribution < 1.29 is 19.0 Å². The van der Waals surface area contributed by atoms with Gasteiger partial charge in [0, 0.05) is 18.1 Å². The largest absolute Gasteiger partial charge is 0.452 e. The summed E-state index contributed by atoms with van der Waals surface area (Å²) in [6.45, 7) is 3.67. The van der Waals surface area contributed by atoms with Crippen molar-refractivity contribution in [1.29, 1.82) is 0 Å². The first kappa shape index (κ1) is 17.6. The minimum absolute atomic E-state index is 0.0251. The Kier molecular flexibility index (Phi) is 5.64. The molecule has 0 spiro atoms. The molecular formula is C15H14ClN3O5. The third-order valence-electron chi connectivity index (χ3n) is 2.92. The van der Waals surface area contributed by atoms with Crippen LogP contribution in [0, 0.1) is 10.1 Å². The molecule has 0 aliphatic carbocycles. The molecule has 0 saturated carbocycles. The van der Waals surface area contributed by atoms with Crippen molar-refractivity contribution in [2.24, 2.45) is 0 Å². The van der Waals surface area contributed by atoms with E-state index in [2.05, 4.69) is 10.1 Å². The van der Waals surface area contributed by atoms with E-state index < -0.39 is 10.9 Å². The highest BCUT2D eigenvalue weighted by Gasteiger charge is 2.13. The zero-order chi connectivity index (χ0) is 17.7. The van der Waals surface area contributed by atoms with Crippen molar-refractivity contribution in [3.05, 3.63) is 56.7 Å². The number of hydrogen-bond acceptors (Lipinski definition) is 7. The number of nitro groups is 1. The third kappa shape index (κ3) is 4.63. The van der Waals surface area contributed by atoms with Crippen molar-refractivity contribution in [1.82, 2.24) is 10.1 Å². The van der Waals surface area contributed by atoms with Gasteiger partial charge in [0.15, 0.2) is 12.4 Å². The predicted octanol–water partition coefficient (Wildman–Crippen LogP) is 3.51. The highest BCUT2D eigenvalue weighted by molar-refractivity contribution is 6.32. The molecule has 126 valence electrons. The molecule has 0 saturated heterocycles. The van der Waals surface area contributed by atoms with Crippen molar-refractivity contribution in [3.63, 3.8) is 0 Å². The first-order valence-corrected chi connectivity index (χ1v) is 7.36. The minimum Gasteiger partial charge on any atom is -0.452 e. The van der Waals surface area contributed by atoms with Crippen molar-refractivity contribution in [2.75, 3.05) is 0 Å². The third-order valence-corrected chi connectivity index (χ3v) is 3.24. The van der Waals surface area contributed by atoms with Gasteiger partial charge in [-0.3, -0.25) is 10.1 Å². The lowest BCUT2D eigenvalue weighted by Crippen LogP contribution is -2.01.